The van der Waals surface area contributed by atoms with Gasteiger partial charge in [-0.1, -0.05) is 32.9 Å². The van der Waals surface area contributed by atoms with Crippen LogP contribution in [0.15, 0.2) is 48.8 Å². The Labute approximate surface area is 143 Å². The molecule has 0 aliphatic carbocycles. The molecule has 1 aromatic carbocycles. The standard InChI is InChI=1S/C20H25NO3/c1-14(16-10-12-21-13-11-16)24-19(22)15(2)23-18-8-6-17(7-9-18)20(3,4)5/h6-15H,1-5H3. The zero-order valence-electron chi connectivity index (χ0n) is 14.9. The molecule has 0 amide bonds. The van der Waals surface area contributed by atoms with Crippen LogP contribution in [0.3, 0.4) is 0 Å². The summed E-state index contributed by atoms with van der Waals surface area (Å²) in [6.45, 7) is 9.99. The minimum Gasteiger partial charge on any atom is -0.479 e. The maximum Gasteiger partial charge on any atom is 0.347 e. The van der Waals surface area contributed by atoms with E-state index in [2.05, 4.69) is 25.8 Å². The molecule has 0 aliphatic heterocycles. The fraction of sp³-hybridized carbons (Fsp3) is 0.400. The molecule has 0 saturated heterocycles. The van der Waals surface area contributed by atoms with Gasteiger partial charge in [-0.05, 0) is 54.7 Å². The van der Waals surface area contributed by atoms with Gasteiger partial charge in [0.25, 0.3) is 0 Å². The molecule has 0 N–H and O–H groups in total. The first-order valence-electron chi connectivity index (χ1n) is 8.15. The van der Waals surface area contributed by atoms with E-state index < -0.39 is 6.10 Å². The van der Waals surface area contributed by atoms with Gasteiger partial charge in [-0.2, -0.15) is 0 Å². The molecule has 0 bridgehead atoms. The van der Waals surface area contributed by atoms with Gasteiger partial charge in [0.1, 0.15) is 11.9 Å². The van der Waals surface area contributed by atoms with E-state index in [4.69, 9.17) is 9.47 Å². The highest BCUT2D eigenvalue weighted by atomic mass is 16.6. The second kappa shape index (κ2) is 7.47. The molecule has 128 valence electrons. The summed E-state index contributed by atoms with van der Waals surface area (Å²) >= 11 is 0. The molecule has 2 atom stereocenters. The quantitative estimate of drug-likeness (QED) is 0.761. The van der Waals surface area contributed by atoms with Crippen LogP contribution in [0, 0.1) is 0 Å². The lowest BCUT2D eigenvalue weighted by molar-refractivity contribution is -0.156. The van der Waals surface area contributed by atoms with E-state index in [1.807, 2.05) is 43.3 Å². The highest BCUT2D eigenvalue weighted by Gasteiger charge is 2.20. The highest BCUT2D eigenvalue weighted by Crippen LogP contribution is 2.25. The van der Waals surface area contributed by atoms with E-state index in [9.17, 15) is 4.79 Å². The van der Waals surface area contributed by atoms with Crippen molar-refractivity contribution in [3.8, 4) is 5.75 Å². The Hall–Kier alpha value is -2.36. The van der Waals surface area contributed by atoms with E-state index in [0.29, 0.717) is 5.75 Å². The van der Waals surface area contributed by atoms with Crippen molar-refractivity contribution < 1.29 is 14.3 Å². The molecule has 0 radical (unpaired) electrons. The van der Waals surface area contributed by atoms with Crippen LogP contribution in [0.1, 0.15) is 51.8 Å². The molecule has 2 aromatic rings. The molecule has 4 nitrogen and oxygen atoms in total. The van der Waals surface area contributed by atoms with E-state index in [-0.39, 0.29) is 17.5 Å². The van der Waals surface area contributed by atoms with Crippen molar-refractivity contribution in [2.75, 3.05) is 0 Å². The number of esters is 1. The van der Waals surface area contributed by atoms with Crippen LogP contribution in [-0.4, -0.2) is 17.1 Å². The molecule has 1 aromatic heterocycles. The highest BCUT2D eigenvalue weighted by molar-refractivity contribution is 5.75. The number of carbonyl (C=O) groups is 1. The molecule has 0 saturated carbocycles. The number of hydrogen-bond donors (Lipinski definition) is 0. The summed E-state index contributed by atoms with van der Waals surface area (Å²) in [5.41, 5.74) is 2.21. The van der Waals surface area contributed by atoms with Crippen LogP contribution in [0.2, 0.25) is 0 Å². The summed E-state index contributed by atoms with van der Waals surface area (Å²) in [5, 5.41) is 0. The Balaban J connectivity index is 1.94. The van der Waals surface area contributed by atoms with E-state index in [1.165, 1.54) is 5.56 Å². The molecule has 0 aliphatic rings. The first-order valence-corrected chi connectivity index (χ1v) is 8.15. The summed E-state index contributed by atoms with van der Waals surface area (Å²) in [6.07, 6.45) is 2.34. The molecule has 2 unspecified atom stereocenters. The predicted molar refractivity (Wildman–Crippen MR) is 94.0 cm³/mol. The van der Waals surface area contributed by atoms with Gasteiger partial charge in [0, 0.05) is 12.4 Å². The Bertz CT molecular complexity index is 660. The SMILES string of the molecule is CC(Oc1ccc(C(C)(C)C)cc1)C(=O)OC(C)c1ccncc1. The number of pyridine rings is 1. The van der Waals surface area contributed by atoms with Crippen molar-refractivity contribution in [2.24, 2.45) is 0 Å². The zero-order chi connectivity index (χ0) is 17.7. The van der Waals surface area contributed by atoms with Crippen LogP contribution in [0.5, 0.6) is 5.75 Å². The van der Waals surface area contributed by atoms with Crippen molar-refractivity contribution in [2.45, 2.75) is 52.2 Å². The van der Waals surface area contributed by atoms with Gasteiger partial charge in [0.05, 0.1) is 0 Å². The summed E-state index contributed by atoms with van der Waals surface area (Å²) in [4.78, 5) is 16.2. The third kappa shape index (κ3) is 4.82. The third-order valence-electron chi connectivity index (χ3n) is 3.83. The Morgan fingerprint density at radius 1 is 1.00 bits per heavy atom. The van der Waals surface area contributed by atoms with Gasteiger partial charge in [0.2, 0.25) is 0 Å². The lowest BCUT2D eigenvalue weighted by Gasteiger charge is -2.20. The van der Waals surface area contributed by atoms with Crippen LogP contribution >= 0.6 is 0 Å². The van der Waals surface area contributed by atoms with E-state index >= 15 is 0 Å². The topological polar surface area (TPSA) is 48.4 Å². The monoisotopic (exact) mass is 327 g/mol. The first-order chi connectivity index (χ1) is 11.3. The second-order valence-corrected chi connectivity index (χ2v) is 6.89. The molecule has 0 fully saturated rings. The minimum absolute atomic E-state index is 0.0864. The van der Waals surface area contributed by atoms with Gasteiger partial charge in [-0.3, -0.25) is 4.98 Å². The molecule has 0 spiro atoms. The zero-order valence-corrected chi connectivity index (χ0v) is 14.9. The Morgan fingerprint density at radius 2 is 1.58 bits per heavy atom. The van der Waals surface area contributed by atoms with Crippen molar-refractivity contribution >= 4 is 5.97 Å². The van der Waals surface area contributed by atoms with Crippen molar-refractivity contribution in [3.63, 3.8) is 0 Å². The number of carbonyl (C=O) groups excluding carboxylic acids is 1. The fourth-order valence-corrected chi connectivity index (χ4v) is 2.26. The normalized spacial score (nSPS) is 13.9. The lowest BCUT2D eigenvalue weighted by atomic mass is 9.87. The van der Waals surface area contributed by atoms with Crippen LogP contribution in [0.4, 0.5) is 0 Å². The van der Waals surface area contributed by atoms with E-state index in [0.717, 1.165) is 5.56 Å². The van der Waals surface area contributed by atoms with Crippen LogP contribution in [-0.2, 0) is 14.9 Å². The molecule has 4 heteroatoms. The summed E-state index contributed by atoms with van der Waals surface area (Å²) in [6, 6.07) is 11.5. The first kappa shape index (κ1) is 18.0. The van der Waals surface area contributed by atoms with Gasteiger partial charge in [-0.15, -0.1) is 0 Å². The number of hydrogen-bond acceptors (Lipinski definition) is 4. The number of benzene rings is 1. The smallest absolute Gasteiger partial charge is 0.347 e. The lowest BCUT2D eigenvalue weighted by Crippen LogP contribution is -2.27. The Morgan fingerprint density at radius 3 is 2.12 bits per heavy atom. The summed E-state index contributed by atoms with van der Waals surface area (Å²) in [5.74, 6) is 0.267. The fourth-order valence-electron chi connectivity index (χ4n) is 2.26. The number of nitrogens with zero attached hydrogens (tertiary/aromatic N) is 1. The van der Waals surface area contributed by atoms with Crippen molar-refractivity contribution in [1.82, 2.24) is 4.98 Å². The van der Waals surface area contributed by atoms with Gasteiger partial charge < -0.3 is 9.47 Å². The molecular formula is C20H25NO3. The number of rotatable bonds is 5. The minimum atomic E-state index is -0.672. The van der Waals surface area contributed by atoms with Gasteiger partial charge in [-0.25, -0.2) is 4.79 Å². The van der Waals surface area contributed by atoms with Gasteiger partial charge in [0.15, 0.2) is 6.10 Å². The van der Waals surface area contributed by atoms with Crippen molar-refractivity contribution in [1.29, 1.82) is 0 Å². The third-order valence-corrected chi connectivity index (χ3v) is 3.83. The second-order valence-electron chi connectivity index (χ2n) is 6.89. The summed E-state index contributed by atoms with van der Waals surface area (Å²) < 4.78 is 11.2. The van der Waals surface area contributed by atoms with Crippen LogP contribution in [0.25, 0.3) is 0 Å². The maximum atomic E-state index is 12.2. The molecule has 24 heavy (non-hydrogen) atoms. The number of aromatic nitrogens is 1. The van der Waals surface area contributed by atoms with Crippen molar-refractivity contribution in [3.05, 3.63) is 59.9 Å². The van der Waals surface area contributed by atoms with Gasteiger partial charge >= 0.3 is 5.97 Å². The molecule has 2 rings (SSSR count). The largest absolute Gasteiger partial charge is 0.479 e. The predicted octanol–water partition coefficient (Wildman–Crippen LogP) is 4.45. The Kier molecular flexibility index (Phi) is 5.60. The average molecular weight is 327 g/mol. The average Bonchev–Trinajstić information content (AvgIpc) is 2.55. The van der Waals surface area contributed by atoms with Crippen LogP contribution < -0.4 is 4.74 Å². The van der Waals surface area contributed by atoms with E-state index in [1.54, 1.807) is 19.3 Å². The summed E-state index contributed by atoms with van der Waals surface area (Å²) in [7, 11) is 0. The molecular weight excluding hydrogens is 302 g/mol. The number of ether oxygens (including phenoxy) is 2. The molecule has 1 heterocycles. The maximum absolute atomic E-state index is 12.2.